The minimum absolute atomic E-state index is 0.325. The van der Waals surface area contributed by atoms with Crippen molar-refractivity contribution in [3.8, 4) is 0 Å². The van der Waals surface area contributed by atoms with Gasteiger partial charge >= 0.3 is 0 Å². The summed E-state index contributed by atoms with van der Waals surface area (Å²) in [7, 11) is -3.12. The van der Waals surface area contributed by atoms with E-state index in [9.17, 15) is 12.8 Å². The van der Waals surface area contributed by atoms with Crippen molar-refractivity contribution in [1.82, 2.24) is 14.7 Å². The van der Waals surface area contributed by atoms with Gasteiger partial charge in [-0.3, -0.25) is 0 Å². The molecule has 0 bridgehead atoms. The predicted molar refractivity (Wildman–Crippen MR) is 69.8 cm³/mol. The van der Waals surface area contributed by atoms with Gasteiger partial charge in [-0.05, 0) is 18.8 Å². The molecule has 1 aliphatic heterocycles. The quantitative estimate of drug-likeness (QED) is 0.867. The zero-order chi connectivity index (χ0) is 13.9. The van der Waals surface area contributed by atoms with E-state index in [0.29, 0.717) is 18.4 Å². The van der Waals surface area contributed by atoms with Gasteiger partial charge in [0, 0.05) is 19.6 Å². The summed E-state index contributed by atoms with van der Waals surface area (Å²) in [5, 5.41) is 0. The number of nitrogens with zero attached hydrogens (tertiary/aromatic N) is 3. The zero-order valence-corrected chi connectivity index (χ0v) is 11.5. The number of rotatable bonds is 4. The van der Waals surface area contributed by atoms with Crippen molar-refractivity contribution in [1.29, 1.82) is 0 Å². The van der Waals surface area contributed by atoms with E-state index < -0.39 is 15.8 Å². The average molecular weight is 288 g/mol. The molecule has 0 radical (unpaired) electrons. The van der Waals surface area contributed by atoms with E-state index in [-0.39, 0.29) is 0 Å². The Morgan fingerprint density at radius 1 is 1.37 bits per heavy atom. The molecule has 0 amide bonds. The number of aromatic nitrogens is 2. The molecular weight excluding hydrogens is 271 g/mol. The maximum Gasteiger partial charge on any atom is 0.225 e. The predicted octanol–water partition coefficient (Wildman–Crippen LogP) is 0.381. The van der Waals surface area contributed by atoms with Crippen molar-refractivity contribution < 1.29 is 12.8 Å². The summed E-state index contributed by atoms with van der Waals surface area (Å²) >= 11 is 0. The lowest BCUT2D eigenvalue weighted by Crippen LogP contribution is -2.39. The summed E-state index contributed by atoms with van der Waals surface area (Å²) in [5.41, 5.74) is 0. The second-order valence-corrected chi connectivity index (χ2v) is 6.59. The lowest BCUT2D eigenvalue weighted by Gasteiger charge is -2.31. The molecule has 1 aliphatic rings. The van der Waals surface area contributed by atoms with Crippen molar-refractivity contribution in [3.05, 3.63) is 18.2 Å². The molecule has 19 heavy (non-hydrogen) atoms. The van der Waals surface area contributed by atoms with E-state index in [2.05, 4.69) is 14.7 Å². The first-order valence-corrected chi connectivity index (χ1v) is 8.00. The Kier molecular flexibility index (Phi) is 4.31. The molecule has 1 N–H and O–H groups in total. The lowest BCUT2D eigenvalue weighted by atomic mass is 9.97. The van der Waals surface area contributed by atoms with Gasteiger partial charge in [0.1, 0.15) is 0 Å². The van der Waals surface area contributed by atoms with Crippen LogP contribution in [0.2, 0.25) is 0 Å². The second kappa shape index (κ2) is 5.79. The van der Waals surface area contributed by atoms with Crippen LogP contribution < -0.4 is 9.62 Å². The molecule has 0 aliphatic carbocycles. The van der Waals surface area contributed by atoms with Gasteiger partial charge in [-0.15, -0.1) is 0 Å². The molecule has 8 heteroatoms. The number of nitrogens with one attached hydrogen (secondary N) is 1. The molecule has 6 nitrogen and oxygen atoms in total. The van der Waals surface area contributed by atoms with Crippen LogP contribution in [-0.2, 0) is 10.0 Å². The molecule has 1 fully saturated rings. The number of sulfonamides is 1. The summed E-state index contributed by atoms with van der Waals surface area (Å²) in [4.78, 5) is 9.86. The second-order valence-electron chi connectivity index (χ2n) is 4.75. The van der Waals surface area contributed by atoms with Crippen molar-refractivity contribution in [2.24, 2.45) is 5.92 Å². The van der Waals surface area contributed by atoms with Gasteiger partial charge in [0.2, 0.25) is 16.0 Å². The van der Waals surface area contributed by atoms with E-state index in [0.717, 1.165) is 44.6 Å². The molecule has 0 unspecified atom stereocenters. The van der Waals surface area contributed by atoms with Crippen LogP contribution in [-0.4, -0.2) is 44.3 Å². The van der Waals surface area contributed by atoms with Gasteiger partial charge in [-0.2, -0.15) is 0 Å². The van der Waals surface area contributed by atoms with Gasteiger partial charge in [0.25, 0.3) is 0 Å². The van der Waals surface area contributed by atoms with Gasteiger partial charge in [-0.25, -0.2) is 27.5 Å². The standard InChI is InChI=1S/C11H17FN4O2S/c1-19(17,18)15-6-9-2-4-16(5-3-9)11-13-7-10(12)8-14-11/h7-9,15H,2-6H2,1H3. The van der Waals surface area contributed by atoms with Crippen LogP contribution in [0.25, 0.3) is 0 Å². The number of anilines is 1. The van der Waals surface area contributed by atoms with Crippen molar-refractivity contribution in [2.75, 3.05) is 30.8 Å². The maximum atomic E-state index is 12.7. The Morgan fingerprint density at radius 2 is 1.95 bits per heavy atom. The van der Waals surface area contributed by atoms with E-state index in [1.807, 2.05) is 4.90 Å². The molecular formula is C11H17FN4O2S. The fourth-order valence-electron chi connectivity index (χ4n) is 2.08. The van der Waals surface area contributed by atoms with E-state index in [1.54, 1.807) is 0 Å². The molecule has 1 saturated heterocycles. The summed E-state index contributed by atoms with van der Waals surface area (Å²) < 4.78 is 37.3. The van der Waals surface area contributed by atoms with E-state index in [1.165, 1.54) is 0 Å². The number of halogens is 1. The third-order valence-corrected chi connectivity index (χ3v) is 3.83. The van der Waals surface area contributed by atoms with Crippen LogP contribution >= 0.6 is 0 Å². The van der Waals surface area contributed by atoms with E-state index in [4.69, 9.17) is 0 Å². The first-order chi connectivity index (χ1) is 8.94. The highest BCUT2D eigenvalue weighted by molar-refractivity contribution is 7.88. The van der Waals surface area contributed by atoms with Gasteiger partial charge < -0.3 is 4.90 Å². The fraction of sp³-hybridized carbons (Fsp3) is 0.636. The molecule has 0 aromatic carbocycles. The third kappa shape index (κ3) is 4.39. The normalized spacial score (nSPS) is 17.7. The Balaban J connectivity index is 1.84. The van der Waals surface area contributed by atoms with Crippen molar-refractivity contribution in [2.45, 2.75) is 12.8 Å². The molecule has 106 valence electrons. The lowest BCUT2D eigenvalue weighted by molar-refractivity contribution is 0.399. The smallest absolute Gasteiger partial charge is 0.225 e. The Morgan fingerprint density at radius 3 is 2.47 bits per heavy atom. The van der Waals surface area contributed by atoms with Gasteiger partial charge in [0.05, 0.1) is 18.6 Å². The Labute approximate surface area is 112 Å². The highest BCUT2D eigenvalue weighted by Crippen LogP contribution is 2.19. The van der Waals surface area contributed by atoms with Gasteiger partial charge in [0.15, 0.2) is 5.82 Å². The first-order valence-electron chi connectivity index (χ1n) is 6.11. The molecule has 0 atom stereocenters. The summed E-state index contributed by atoms with van der Waals surface area (Å²) in [6.07, 6.45) is 5.19. The van der Waals surface area contributed by atoms with Crippen LogP contribution in [0.4, 0.5) is 10.3 Å². The molecule has 0 spiro atoms. The van der Waals surface area contributed by atoms with Crippen molar-refractivity contribution in [3.63, 3.8) is 0 Å². The molecule has 1 aromatic heterocycles. The van der Waals surface area contributed by atoms with Crippen LogP contribution in [0.3, 0.4) is 0 Å². The summed E-state index contributed by atoms with van der Waals surface area (Å²) in [5.74, 6) is 0.401. The minimum atomic E-state index is -3.12. The zero-order valence-electron chi connectivity index (χ0n) is 10.7. The van der Waals surface area contributed by atoms with Crippen LogP contribution in [0.1, 0.15) is 12.8 Å². The molecule has 2 rings (SSSR count). The van der Waals surface area contributed by atoms with Crippen LogP contribution in [0, 0.1) is 11.7 Å². The molecule has 1 aromatic rings. The van der Waals surface area contributed by atoms with Crippen LogP contribution in [0.5, 0.6) is 0 Å². The Bertz CT molecular complexity index is 512. The maximum absolute atomic E-state index is 12.7. The number of hydrogen-bond acceptors (Lipinski definition) is 5. The third-order valence-electron chi connectivity index (χ3n) is 3.14. The first kappa shape index (κ1) is 14.1. The summed E-state index contributed by atoms with van der Waals surface area (Å²) in [6.45, 7) is 1.97. The molecule has 2 heterocycles. The van der Waals surface area contributed by atoms with Gasteiger partial charge in [-0.1, -0.05) is 0 Å². The number of hydrogen-bond donors (Lipinski definition) is 1. The number of piperidine rings is 1. The molecule has 0 saturated carbocycles. The van der Waals surface area contributed by atoms with E-state index >= 15 is 0 Å². The van der Waals surface area contributed by atoms with Crippen molar-refractivity contribution >= 4 is 16.0 Å². The topological polar surface area (TPSA) is 75.2 Å². The fourth-order valence-corrected chi connectivity index (χ4v) is 2.61. The Hall–Kier alpha value is -1.28. The minimum Gasteiger partial charge on any atom is -0.341 e. The highest BCUT2D eigenvalue weighted by Gasteiger charge is 2.21. The van der Waals surface area contributed by atoms with Crippen LogP contribution in [0.15, 0.2) is 12.4 Å². The SMILES string of the molecule is CS(=O)(=O)NCC1CCN(c2ncc(F)cn2)CC1. The average Bonchev–Trinajstić information content (AvgIpc) is 2.37. The monoisotopic (exact) mass is 288 g/mol. The highest BCUT2D eigenvalue weighted by atomic mass is 32.2. The largest absolute Gasteiger partial charge is 0.341 e. The summed E-state index contributed by atoms with van der Waals surface area (Å²) in [6, 6.07) is 0.